The lowest BCUT2D eigenvalue weighted by Gasteiger charge is -2.07. The second-order valence-electron chi connectivity index (χ2n) is 5.12. The highest BCUT2D eigenvalue weighted by atomic mass is 16.1. The van der Waals surface area contributed by atoms with Crippen molar-refractivity contribution in [1.29, 1.82) is 0 Å². The van der Waals surface area contributed by atoms with Crippen LogP contribution in [0.2, 0.25) is 0 Å². The summed E-state index contributed by atoms with van der Waals surface area (Å²) in [6, 6.07) is 7.27. The van der Waals surface area contributed by atoms with Gasteiger partial charge in [-0.25, -0.2) is 9.67 Å². The van der Waals surface area contributed by atoms with Gasteiger partial charge in [-0.05, 0) is 29.0 Å². The van der Waals surface area contributed by atoms with Crippen LogP contribution in [0, 0.1) is 0 Å². The third kappa shape index (κ3) is 3.60. The summed E-state index contributed by atoms with van der Waals surface area (Å²) in [7, 11) is 1.76. The molecular formula is C15H17N7O. The molecule has 0 spiro atoms. The minimum absolute atomic E-state index is 0.104. The Morgan fingerprint density at radius 1 is 1.35 bits per heavy atom. The smallest absolute Gasteiger partial charge is 0.251 e. The molecular weight excluding hydrogens is 294 g/mol. The first-order chi connectivity index (χ1) is 11.2. The van der Waals surface area contributed by atoms with Crippen molar-refractivity contribution < 1.29 is 4.79 Å². The zero-order chi connectivity index (χ0) is 16.1. The molecule has 1 amide bonds. The van der Waals surface area contributed by atoms with Gasteiger partial charge in [-0.2, -0.15) is 0 Å². The Kier molecular flexibility index (Phi) is 4.41. The maximum atomic E-state index is 12.2. The summed E-state index contributed by atoms with van der Waals surface area (Å²) in [6.07, 6.45) is 6.25. The predicted octanol–water partition coefficient (Wildman–Crippen LogP) is 0.894. The molecule has 2 aromatic heterocycles. The summed E-state index contributed by atoms with van der Waals surface area (Å²) >= 11 is 0. The molecule has 23 heavy (non-hydrogen) atoms. The van der Waals surface area contributed by atoms with Crippen LogP contribution in [-0.2, 0) is 13.6 Å². The Labute approximate surface area is 133 Å². The molecule has 0 fully saturated rings. The number of aryl methyl sites for hydroxylation is 2. The highest BCUT2D eigenvalue weighted by Crippen LogP contribution is 2.16. The number of benzene rings is 1. The maximum absolute atomic E-state index is 12.2. The van der Waals surface area contributed by atoms with E-state index >= 15 is 0 Å². The van der Waals surface area contributed by atoms with Gasteiger partial charge in [0.15, 0.2) is 5.82 Å². The standard InChI is InChI=1S/C15H17N7O/c1-21-14(18-19-20-21)12-4-2-5-13(10-12)15(23)17-6-3-8-22-9-7-16-11-22/h2,4-5,7,9-11H,3,6,8H2,1H3,(H,17,23). The van der Waals surface area contributed by atoms with Gasteiger partial charge in [0.05, 0.1) is 6.33 Å². The molecule has 0 saturated carbocycles. The first-order valence-electron chi connectivity index (χ1n) is 7.31. The fourth-order valence-electron chi connectivity index (χ4n) is 2.26. The minimum Gasteiger partial charge on any atom is -0.352 e. The second kappa shape index (κ2) is 6.82. The molecule has 8 heteroatoms. The summed E-state index contributed by atoms with van der Waals surface area (Å²) < 4.78 is 3.55. The van der Waals surface area contributed by atoms with E-state index in [-0.39, 0.29) is 5.91 Å². The fraction of sp³-hybridized carbons (Fsp3) is 0.267. The molecule has 0 aliphatic heterocycles. The topological polar surface area (TPSA) is 90.5 Å². The number of nitrogens with one attached hydrogen (secondary N) is 1. The van der Waals surface area contributed by atoms with Crippen LogP contribution < -0.4 is 5.32 Å². The summed E-state index contributed by atoms with van der Waals surface area (Å²) in [4.78, 5) is 16.2. The van der Waals surface area contributed by atoms with Crippen molar-refractivity contribution in [2.24, 2.45) is 7.05 Å². The van der Waals surface area contributed by atoms with E-state index in [2.05, 4.69) is 25.8 Å². The number of carbonyl (C=O) groups excluding carboxylic acids is 1. The van der Waals surface area contributed by atoms with Gasteiger partial charge in [0.1, 0.15) is 0 Å². The third-order valence-electron chi connectivity index (χ3n) is 3.44. The molecule has 0 radical (unpaired) electrons. The zero-order valence-electron chi connectivity index (χ0n) is 12.8. The van der Waals surface area contributed by atoms with Crippen molar-refractivity contribution >= 4 is 5.91 Å². The van der Waals surface area contributed by atoms with Gasteiger partial charge in [0.25, 0.3) is 5.91 Å². The van der Waals surface area contributed by atoms with E-state index in [4.69, 9.17) is 0 Å². The molecule has 2 heterocycles. The van der Waals surface area contributed by atoms with Crippen molar-refractivity contribution in [2.75, 3.05) is 6.54 Å². The molecule has 3 rings (SSSR count). The van der Waals surface area contributed by atoms with Gasteiger partial charge < -0.3 is 9.88 Å². The van der Waals surface area contributed by atoms with E-state index in [0.717, 1.165) is 18.5 Å². The van der Waals surface area contributed by atoms with Crippen LogP contribution in [0.3, 0.4) is 0 Å². The predicted molar refractivity (Wildman–Crippen MR) is 83.4 cm³/mol. The van der Waals surface area contributed by atoms with Gasteiger partial charge >= 0.3 is 0 Å². The zero-order valence-corrected chi connectivity index (χ0v) is 12.8. The van der Waals surface area contributed by atoms with E-state index in [0.29, 0.717) is 17.9 Å². The van der Waals surface area contributed by atoms with E-state index in [1.165, 1.54) is 0 Å². The van der Waals surface area contributed by atoms with Crippen molar-refractivity contribution in [3.63, 3.8) is 0 Å². The van der Waals surface area contributed by atoms with Crippen LogP contribution in [0.1, 0.15) is 16.8 Å². The largest absolute Gasteiger partial charge is 0.352 e. The number of amides is 1. The Morgan fingerprint density at radius 2 is 2.26 bits per heavy atom. The van der Waals surface area contributed by atoms with Crippen molar-refractivity contribution in [2.45, 2.75) is 13.0 Å². The number of hydrogen-bond acceptors (Lipinski definition) is 5. The maximum Gasteiger partial charge on any atom is 0.251 e. The van der Waals surface area contributed by atoms with Crippen molar-refractivity contribution in [3.8, 4) is 11.4 Å². The van der Waals surface area contributed by atoms with E-state index in [1.54, 1.807) is 36.4 Å². The van der Waals surface area contributed by atoms with Gasteiger partial charge in [-0.3, -0.25) is 4.79 Å². The monoisotopic (exact) mass is 311 g/mol. The third-order valence-corrected chi connectivity index (χ3v) is 3.44. The Bertz CT molecular complexity index is 779. The van der Waals surface area contributed by atoms with E-state index in [1.807, 2.05) is 22.9 Å². The van der Waals surface area contributed by atoms with Gasteiger partial charge in [0.2, 0.25) is 0 Å². The molecule has 0 atom stereocenters. The lowest BCUT2D eigenvalue weighted by molar-refractivity contribution is 0.0953. The molecule has 118 valence electrons. The molecule has 1 aromatic carbocycles. The number of rotatable bonds is 6. The van der Waals surface area contributed by atoms with Crippen molar-refractivity contribution in [3.05, 3.63) is 48.5 Å². The Morgan fingerprint density at radius 3 is 3.00 bits per heavy atom. The lowest BCUT2D eigenvalue weighted by Crippen LogP contribution is -2.25. The van der Waals surface area contributed by atoms with E-state index < -0.39 is 0 Å². The highest BCUT2D eigenvalue weighted by molar-refractivity contribution is 5.95. The Hall–Kier alpha value is -3.03. The summed E-state index contributed by atoms with van der Waals surface area (Å²) in [6.45, 7) is 1.43. The molecule has 1 N–H and O–H groups in total. The quantitative estimate of drug-likeness (QED) is 0.683. The molecule has 8 nitrogen and oxygen atoms in total. The van der Waals surface area contributed by atoms with Gasteiger partial charge in [-0.1, -0.05) is 12.1 Å². The molecule has 0 unspecified atom stereocenters. The number of nitrogens with zero attached hydrogens (tertiary/aromatic N) is 6. The lowest BCUT2D eigenvalue weighted by atomic mass is 10.1. The molecule has 0 aliphatic carbocycles. The number of tetrazole rings is 1. The fourth-order valence-corrected chi connectivity index (χ4v) is 2.26. The first kappa shape index (κ1) is 14.9. The van der Waals surface area contributed by atoms with Crippen LogP contribution in [-0.4, -0.2) is 42.2 Å². The summed E-state index contributed by atoms with van der Waals surface area (Å²) in [5, 5.41) is 14.3. The number of imidazole rings is 1. The van der Waals surface area contributed by atoms with Crippen LogP contribution in [0.25, 0.3) is 11.4 Å². The second-order valence-corrected chi connectivity index (χ2v) is 5.12. The molecule has 0 bridgehead atoms. The highest BCUT2D eigenvalue weighted by Gasteiger charge is 2.10. The van der Waals surface area contributed by atoms with Gasteiger partial charge in [0, 0.05) is 43.7 Å². The van der Waals surface area contributed by atoms with Crippen molar-refractivity contribution in [1.82, 2.24) is 35.1 Å². The van der Waals surface area contributed by atoms with Crippen LogP contribution >= 0.6 is 0 Å². The number of aromatic nitrogens is 6. The van der Waals surface area contributed by atoms with Crippen LogP contribution in [0.4, 0.5) is 0 Å². The van der Waals surface area contributed by atoms with Crippen LogP contribution in [0.5, 0.6) is 0 Å². The minimum atomic E-state index is -0.104. The van der Waals surface area contributed by atoms with E-state index in [9.17, 15) is 4.79 Å². The van der Waals surface area contributed by atoms with Gasteiger partial charge in [-0.15, -0.1) is 5.10 Å². The molecule has 0 aliphatic rings. The average Bonchev–Trinajstić information content (AvgIpc) is 3.23. The summed E-state index contributed by atoms with van der Waals surface area (Å²) in [5.74, 6) is 0.521. The number of carbonyl (C=O) groups is 1. The number of hydrogen-bond donors (Lipinski definition) is 1. The summed E-state index contributed by atoms with van der Waals surface area (Å²) in [5.41, 5.74) is 1.40. The van der Waals surface area contributed by atoms with Crippen LogP contribution in [0.15, 0.2) is 43.0 Å². The Balaban J connectivity index is 1.58. The average molecular weight is 311 g/mol. The SMILES string of the molecule is Cn1nnnc1-c1cccc(C(=O)NCCCn2ccnc2)c1. The molecule has 3 aromatic rings. The normalized spacial score (nSPS) is 10.7. The molecule has 0 saturated heterocycles. The first-order valence-corrected chi connectivity index (χ1v) is 7.31.